The van der Waals surface area contributed by atoms with Crippen LogP contribution in [0.15, 0.2) is 38.9 Å². The van der Waals surface area contributed by atoms with Crippen LogP contribution >= 0.6 is 23.1 Å². The molecule has 0 spiro atoms. The third kappa shape index (κ3) is 5.10. The normalized spacial score (nSPS) is 16.8. The van der Waals surface area contributed by atoms with Gasteiger partial charge in [0.1, 0.15) is 0 Å². The van der Waals surface area contributed by atoms with Crippen LogP contribution in [0.2, 0.25) is 0 Å². The van der Waals surface area contributed by atoms with E-state index < -0.39 is 10.0 Å². The Bertz CT molecular complexity index is 905. The van der Waals surface area contributed by atoms with Crippen molar-refractivity contribution in [1.82, 2.24) is 9.29 Å². The van der Waals surface area contributed by atoms with E-state index in [1.54, 1.807) is 18.2 Å². The van der Waals surface area contributed by atoms with E-state index in [1.165, 1.54) is 33.5 Å². The monoisotopic (exact) mass is 425 g/mol. The zero-order chi connectivity index (χ0) is 19.4. The summed E-state index contributed by atoms with van der Waals surface area (Å²) < 4.78 is 28.0. The van der Waals surface area contributed by atoms with E-state index in [2.05, 4.69) is 10.3 Å². The van der Waals surface area contributed by atoms with Crippen LogP contribution in [-0.4, -0.2) is 42.0 Å². The fourth-order valence-corrected chi connectivity index (χ4v) is 6.37. The first-order valence-electron chi connectivity index (χ1n) is 8.86. The number of carbonyl (C=O) groups is 1. The van der Waals surface area contributed by atoms with E-state index in [0.717, 1.165) is 29.3 Å². The van der Waals surface area contributed by atoms with Crippen LogP contribution in [0.25, 0.3) is 0 Å². The van der Waals surface area contributed by atoms with Crippen LogP contribution in [0, 0.1) is 6.92 Å². The molecule has 146 valence electrons. The highest BCUT2D eigenvalue weighted by Crippen LogP contribution is 2.28. The lowest BCUT2D eigenvalue weighted by atomic mass is 10.2. The molecule has 2 aromatic rings. The van der Waals surface area contributed by atoms with Gasteiger partial charge >= 0.3 is 0 Å². The first kappa shape index (κ1) is 20.3. The second kappa shape index (κ2) is 8.72. The highest BCUT2D eigenvalue weighted by molar-refractivity contribution is 8.02. The Morgan fingerprint density at radius 1 is 1.30 bits per heavy atom. The minimum absolute atomic E-state index is 0.180. The molecule has 2 heterocycles. The van der Waals surface area contributed by atoms with E-state index >= 15 is 0 Å². The van der Waals surface area contributed by atoms with Crippen molar-refractivity contribution in [1.29, 1.82) is 0 Å². The molecule has 1 N–H and O–H groups in total. The summed E-state index contributed by atoms with van der Waals surface area (Å²) in [5.74, 6) is -0.180. The molecule has 3 rings (SSSR count). The number of nitrogens with one attached hydrogen (secondary N) is 1. The number of aryl methyl sites for hydroxylation is 1. The molecule has 0 saturated carbocycles. The zero-order valence-electron chi connectivity index (χ0n) is 15.3. The van der Waals surface area contributed by atoms with Gasteiger partial charge in [0.15, 0.2) is 4.34 Å². The van der Waals surface area contributed by atoms with Crippen molar-refractivity contribution in [2.45, 2.75) is 47.6 Å². The summed E-state index contributed by atoms with van der Waals surface area (Å²) in [6, 6.07) is 6.48. The highest BCUT2D eigenvalue weighted by Gasteiger charge is 2.26. The van der Waals surface area contributed by atoms with E-state index in [1.807, 2.05) is 19.2 Å². The van der Waals surface area contributed by atoms with Gasteiger partial charge in [-0.1, -0.05) is 24.2 Å². The van der Waals surface area contributed by atoms with Gasteiger partial charge in [0.25, 0.3) is 0 Å². The van der Waals surface area contributed by atoms with Crippen molar-refractivity contribution < 1.29 is 13.2 Å². The molecule has 1 atom stereocenters. The standard InChI is InChI=1S/C18H23N3O3S3/c1-13-12-25-18(19-13)26-14(2)17(22)20-15-7-6-8-16(11-15)27(23,24)21-9-4-3-5-10-21/h6-8,11-12,14H,3-5,9-10H2,1-2H3,(H,20,22). The lowest BCUT2D eigenvalue weighted by Crippen LogP contribution is -2.35. The van der Waals surface area contributed by atoms with Crippen LogP contribution < -0.4 is 5.32 Å². The topological polar surface area (TPSA) is 79.4 Å². The second-order valence-corrected chi connectivity index (χ2v) is 10.9. The zero-order valence-corrected chi connectivity index (χ0v) is 17.8. The number of carbonyl (C=O) groups excluding carboxylic acids is 1. The van der Waals surface area contributed by atoms with Gasteiger partial charge in [0, 0.05) is 29.9 Å². The van der Waals surface area contributed by atoms with E-state index in [-0.39, 0.29) is 16.1 Å². The first-order chi connectivity index (χ1) is 12.9. The Morgan fingerprint density at radius 3 is 2.70 bits per heavy atom. The fourth-order valence-electron chi connectivity index (χ4n) is 2.82. The fraction of sp³-hybridized carbons (Fsp3) is 0.444. The van der Waals surface area contributed by atoms with Crippen molar-refractivity contribution in [2.75, 3.05) is 18.4 Å². The maximum Gasteiger partial charge on any atom is 0.243 e. The van der Waals surface area contributed by atoms with Gasteiger partial charge in [-0.25, -0.2) is 13.4 Å². The molecule has 0 aliphatic carbocycles. The van der Waals surface area contributed by atoms with E-state index in [4.69, 9.17) is 0 Å². The molecule has 1 aromatic heterocycles. The lowest BCUT2D eigenvalue weighted by molar-refractivity contribution is -0.115. The molecule has 1 amide bonds. The number of sulfonamides is 1. The quantitative estimate of drug-likeness (QED) is 0.713. The molecular formula is C18H23N3O3S3. The van der Waals surface area contributed by atoms with Gasteiger partial charge in [0.05, 0.1) is 10.1 Å². The molecule has 0 radical (unpaired) electrons. The molecule has 27 heavy (non-hydrogen) atoms. The summed E-state index contributed by atoms with van der Waals surface area (Å²) in [5, 5.41) is 4.43. The molecule has 1 aliphatic rings. The van der Waals surface area contributed by atoms with Crippen molar-refractivity contribution in [2.24, 2.45) is 0 Å². The summed E-state index contributed by atoms with van der Waals surface area (Å²) in [4.78, 5) is 17.0. The first-order valence-corrected chi connectivity index (χ1v) is 12.1. The van der Waals surface area contributed by atoms with Crippen LogP contribution in [-0.2, 0) is 14.8 Å². The number of piperidine rings is 1. The number of hydrogen-bond acceptors (Lipinski definition) is 6. The van der Waals surface area contributed by atoms with Gasteiger partial charge < -0.3 is 5.32 Å². The minimum Gasteiger partial charge on any atom is -0.325 e. The van der Waals surface area contributed by atoms with Crippen molar-refractivity contribution >= 4 is 44.7 Å². The summed E-state index contributed by atoms with van der Waals surface area (Å²) in [7, 11) is -3.52. The lowest BCUT2D eigenvalue weighted by Gasteiger charge is -2.26. The van der Waals surface area contributed by atoms with Gasteiger partial charge in [-0.15, -0.1) is 11.3 Å². The number of rotatable bonds is 6. The summed E-state index contributed by atoms with van der Waals surface area (Å²) in [6.07, 6.45) is 2.84. The number of benzene rings is 1. The molecule has 1 saturated heterocycles. The number of nitrogens with zero attached hydrogens (tertiary/aromatic N) is 2. The molecule has 9 heteroatoms. The molecule has 1 aromatic carbocycles. The van der Waals surface area contributed by atoms with Gasteiger partial charge in [0.2, 0.25) is 15.9 Å². The van der Waals surface area contributed by atoms with Crippen LogP contribution in [0.4, 0.5) is 5.69 Å². The Morgan fingerprint density at radius 2 is 2.04 bits per heavy atom. The van der Waals surface area contributed by atoms with Crippen molar-refractivity contribution in [3.63, 3.8) is 0 Å². The van der Waals surface area contributed by atoms with Gasteiger partial charge in [-0.2, -0.15) is 4.31 Å². The summed E-state index contributed by atoms with van der Waals surface area (Å²) >= 11 is 2.90. The maximum absolute atomic E-state index is 12.8. The minimum atomic E-state index is -3.52. The molecule has 1 fully saturated rings. The predicted molar refractivity (Wildman–Crippen MR) is 110 cm³/mol. The maximum atomic E-state index is 12.8. The molecular weight excluding hydrogens is 402 g/mol. The second-order valence-electron chi connectivity index (χ2n) is 6.50. The average molecular weight is 426 g/mol. The van der Waals surface area contributed by atoms with Crippen LogP contribution in [0.1, 0.15) is 31.9 Å². The number of amides is 1. The molecule has 0 bridgehead atoms. The molecule has 1 aliphatic heterocycles. The van der Waals surface area contributed by atoms with Crippen molar-refractivity contribution in [3.8, 4) is 0 Å². The number of aromatic nitrogens is 1. The van der Waals surface area contributed by atoms with E-state index in [9.17, 15) is 13.2 Å². The number of hydrogen-bond donors (Lipinski definition) is 1. The highest BCUT2D eigenvalue weighted by atomic mass is 32.2. The molecule has 1 unspecified atom stereocenters. The average Bonchev–Trinajstić information content (AvgIpc) is 3.07. The molecule has 6 nitrogen and oxygen atoms in total. The van der Waals surface area contributed by atoms with Crippen LogP contribution in [0.3, 0.4) is 0 Å². The predicted octanol–water partition coefficient (Wildman–Crippen LogP) is 3.75. The Balaban J connectivity index is 1.68. The van der Waals surface area contributed by atoms with Gasteiger partial charge in [-0.05, 0) is 44.9 Å². The largest absolute Gasteiger partial charge is 0.325 e. The number of thiazole rings is 1. The number of anilines is 1. The third-order valence-electron chi connectivity index (χ3n) is 4.30. The third-order valence-corrected chi connectivity index (χ3v) is 8.38. The van der Waals surface area contributed by atoms with Crippen LogP contribution in [0.5, 0.6) is 0 Å². The SMILES string of the molecule is Cc1csc(SC(C)C(=O)Nc2cccc(S(=O)(=O)N3CCCCC3)c2)n1. The Hall–Kier alpha value is -1.42. The Labute approximate surface area is 168 Å². The smallest absolute Gasteiger partial charge is 0.243 e. The Kier molecular flexibility index (Phi) is 6.56. The van der Waals surface area contributed by atoms with Gasteiger partial charge in [-0.3, -0.25) is 4.79 Å². The van der Waals surface area contributed by atoms with Crippen molar-refractivity contribution in [3.05, 3.63) is 35.3 Å². The summed E-state index contributed by atoms with van der Waals surface area (Å²) in [6.45, 7) is 4.84. The van der Waals surface area contributed by atoms with E-state index in [0.29, 0.717) is 18.8 Å². The summed E-state index contributed by atoms with van der Waals surface area (Å²) in [5.41, 5.74) is 1.42. The number of thioether (sulfide) groups is 1.